The lowest BCUT2D eigenvalue weighted by Crippen LogP contribution is -2.27. The molecular weight excluding hydrogens is 498 g/mol. The van der Waals surface area contributed by atoms with Crippen molar-refractivity contribution in [2.24, 2.45) is 9.98 Å². The number of anilines is 2. The largest absolute Gasteiger partial charge is 0.369 e. The van der Waals surface area contributed by atoms with Gasteiger partial charge >= 0.3 is 0 Å². The summed E-state index contributed by atoms with van der Waals surface area (Å²) >= 11 is 23.6. The number of nitrogens with zero attached hydrogens (tertiary/aromatic N) is 4. The summed E-state index contributed by atoms with van der Waals surface area (Å²) < 4.78 is 0. The van der Waals surface area contributed by atoms with Crippen molar-refractivity contribution >= 4 is 70.2 Å². The Morgan fingerprint density at radius 1 is 0.667 bits per heavy atom. The van der Waals surface area contributed by atoms with Crippen LogP contribution in [0.15, 0.2) is 58.5 Å². The van der Waals surface area contributed by atoms with E-state index >= 15 is 0 Å². The lowest BCUT2D eigenvalue weighted by Gasteiger charge is -2.22. The average Bonchev–Trinajstić information content (AvgIpc) is 2.83. The molecule has 1 atom stereocenters. The number of hydrogen-bond donors (Lipinski definition) is 0. The van der Waals surface area contributed by atoms with Crippen LogP contribution in [-0.2, 0) is 0 Å². The summed E-state index contributed by atoms with van der Waals surface area (Å²) in [5, 5.41) is 0. The first kappa shape index (κ1) is 27.8. The van der Waals surface area contributed by atoms with Gasteiger partial charge < -0.3 is 9.80 Å². The fourth-order valence-corrected chi connectivity index (χ4v) is 4.08. The van der Waals surface area contributed by atoms with E-state index in [0.29, 0.717) is 30.1 Å². The Morgan fingerprint density at radius 3 is 1.45 bits per heavy atom. The molecule has 2 rings (SSSR count). The highest BCUT2D eigenvalue weighted by Crippen LogP contribution is 2.16. The number of alkyl halides is 4. The highest BCUT2D eigenvalue weighted by atomic mass is 35.5. The van der Waals surface area contributed by atoms with E-state index in [1.165, 1.54) is 0 Å². The Labute approximate surface area is 218 Å². The van der Waals surface area contributed by atoms with Crippen molar-refractivity contribution < 1.29 is 0 Å². The smallest absolute Gasteiger partial charge is 0.0666 e. The molecule has 0 saturated heterocycles. The van der Waals surface area contributed by atoms with Crippen LogP contribution in [-0.4, -0.2) is 74.7 Å². The van der Waals surface area contributed by atoms with E-state index in [4.69, 9.17) is 46.4 Å². The minimum Gasteiger partial charge on any atom is -0.369 e. The molecule has 4 nitrogen and oxygen atoms in total. The summed E-state index contributed by atoms with van der Waals surface area (Å²) in [6, 6.07) is 16.6. The molecule has 0 aromatic heterocycles. The van der Waals surface area contributed by atoms with Crippen LogP contribution in [0, 0.1) is 0 Å². The predicted octanol–water partition coefficient (Wildman–Crippen LogP) is 6.18. The van der Waals surface area contributed by atoms with E-state index in [-0.39, 0.29) is 6.04 Å². The van der Waals surface area contributed by atoms with Gasteiger partial charge in [0.15, 0.2) is 0 Å². The third-order valence-electron chi connectivity index (χ3n) is 5.02. The Bertz CT molecular complexity index is 828. The van der Waals surface area contributed by atoms with Gasteiger partial charge in [-0.3, -0.25) is 9.98 Å². The van der Waals surface area contributed by atoms with Gasteiger partial charge in [-0.15, -0.1) is 46.4 Å². The predicted molar refractivity (Wildman–Crippen MR) is 150 cm³/mol. The van der Waals surface area contributed by atoms with Crippen molar-refractivity contribution in [3.8, 4) is 0 Å². The van der Waals surface area contributed by atoms with E-state index in [2.05, 4.69) is 75.2 Å². The van der Waals surface area contributed by atoms with E-state index in [1.54, 1.807) is 0 Å². The molecule has 0 radical (unpaired) electrons. The molecule has 2 aromatic rings. The lowest BCUT2D eigenvalue weighted by molar-refractivity contribution is 0.761. The van der Waals surface area contributed by atoms with Crippen LogP contribution in [0.1, 0.15) is 18.1 Å². The van der Waals surface area contributed by atoms with Crippen LogP contribution >= 0.6 is 46.4 Å². The van der Waals surface area contributed by atoms with Gasteiger partial charge in [-0.1, -0.05) is 24.3 Å². The van der Waals surface area contributed by atoms with Crippen LogP contribution in [0.3, 0.4) is 0 Å². The van der Waals surface area contributed by atoms with Crippen LogP contribution in [0.4, 0.5) is 11.4 Å². The maximum absolute atomic E-state index is 5.89. The molecule has 0 unspecified atom stereocenters. The highest BCUT2D eigenvalue weighted by Gasteiger charge is 2.06. The van der Waals surface area contributed by atoms with Crippen LogP contribution in [0.25, 0.3) is 0 Å². The van der Waals surface area contributed by atoms with E-state index in [0.717, 1.165) is 48.7 Å². The fraction of sp³-hybridized carbons (Fsp3) is 0.440. The molecule has 0 heterocycles. The fourth-order valence-electron chi connectivity index (χ4n) is 3.26. The van der Waals surface area contributed by atoms with E-state index in [1.807, 2.05) is 12.4 Å². The van der Waals surface area contributed by atoms with Gasteiger partial charge in [0.2, 0.25) is 0 Å². The van der Waals surface area contributed by atoms with Crippen molar-refractivity contribution in [2.45, 2.75) is 13.0 Å². The summed E-state index contributed by atoms with van der Waals surface area (Å²) in [5.74, 6) is 2.29. The molecule has 8 heteroatoms. The van der Waals surface area contributed by atoms with Gasteiger partial charge in [-0.05, 0) is 42.3 Å². The maximum atomic E-state index is 5.89. The van der Waals surface area contributed by atoms with Crippen LogP contribution < -0.4 is 9.80 Å². The molecule has 180 valence electrons. The Morgan fingerprint density at radius 2 is 1.06 bits per heavy atom. The molecule has 0 aliphatic rings. The second kappa shape index (κ2) is 16.2. The van der Waals surface area contributed by atoms with E-state index < -0.39 is 0 Å². The molecule has 0 N–H and O–H groups in total. The molecular formula is C25H32Cl4N4. The summed E-state index contributed by atoms with van der Waals surface area (Å²) in [7, 11) is 0. The molecule has 2 aromatic carbocycles. The number of halogens is 4. The summed E-state index contributed by atoms with van der Waals surface area (Å²) in [4.78, 5) is 13.5. The molecule has 33 heavy (non-hydrogen) atoms. The van der Waals surface area contributed by atoms with Crippen molar-refractivity contribution in [3.63, 3.8) is 0 Å². The van der Waals surface area contributed by atoms with Gasteiger partial charge in [-0.25, -0.2) is 0 Å². The van der Waals surface area contributed by atoms with Gasteiger partial charge in [-0.2, -0.15) is 0 Å². The minimum absolute atomic E-state index is 0.0899. The molecule has 0 aliphatic heterocycles. The standard InChI is InChI=1S/C25H32Cl4N4/c1-21(31-20-23-4-8-25(9-5-23)33(16-12-28)17-13-29)18-30-19-22-2-6-24(7-3-22)32(14-10-26)15-11-27/h2-9,19-21H,10-18H2,1H3/t21-/m0/s1. The molecule has 0 spiro atoms. The zero-order chi connectivity index (χ0) is 23.9. The first-order valence-electron chi connectivity index (χ1n) is 11.1. The third-order valence-corrected chi connectivity index (χ3v) is 5.70. The van der Waals surface area contributed by atoms with Gasteiger partial charge in [0.25, 0.3) is 0 Å². The van der Waals surface area contributed by atoms with Gasteiger partial charge in [0.05, 0.1) is 12.6 Å². The molecule has 0 bridgehead atoms. The average molecular weight is 530 g/mol. The maximum Gasteiger partial charge on any atom is 0.0666 e. The Kier molecular flexibility index (Phi) is 13.7. The van der Waals surface area contributed by atoms with Gasteiger partial charge in [0.1, 0.15) is 0 Å². The van der Waals surface area contributed by atoms with Gasteiger partial charge in [0, 0.05) is 73.5 Å². The summed E-state index contributed by atoms with van der Waals surface area (Å²) in [6.07, 6.45) is 3.79. The summed E-state index contributed by atoms with van der Waals surface area (Å²) in [5.41, 5.74) is 4.34. The van der Waals surface area contributed by atoms with Crippen LogP contribution in [0.2, 0.25) is 0 Å². The normalized spacial score (nSPS) is 12.5. The molecule has 0 aliphatic carbocycles. The monoisotopic (exact) mass is 528 g/mol. The minimum atomic E-state index is 0.0899. The quantitative estimate of drug-likeness (QED) is 0.204. The first-order valence-corrected chi connectivity index (χ1v) is 13.2. The number of hydrogen-bond acceptors (Lipinski definition) is 4. The van der Waals surface area contributed by atoms with E-state index in [9.17, 15) is 0 Å². The van der Waals surface area contributed by atoms with Crippen molar-refractivity contribution in [1.82, 2.24) is 0 Å². The highest BCUT2D eigenvalue weighted by molar-refractivity contribution is 6.19. The lowest BCUT2D eigenvalue weighted by atomic mass is 10.2. The topological polar surface area (TPSA) is 31.2 Å². The summed E-state index contributed by atoms with van der Waals surface area (Å²) in [6.45, 7) is 5.79. The zero-order valence-corrected chi connectivity index (χ0v) is 22.0. The third kappa shape index (κ3) is 10.1. The SMILES string of the molecule is C[C@@H](CN=Cc1ccc(N(CCCl)CCCl)cc1)N=Cc1ccc(N(CCCl)CCCl)cc1. The zero-order valence-electron chi connectivity index (χ0n) is 19.0. The first-order chi connectivity index (χ1) is 16.1. The Balaban J connectivity index is 1.87. The second-order valence-corrected chi connectivity index (χ2v) is 9.05. The van der Waals surface area contributed by atoms with Crippen molar-refractivity contribution in [2.75, 3.05) is 66.0 Å². The Hall–Kier alpha value is -1.46. The molecule has 0 saturated carbocycles. The number of rotatable bonds is 15. The van der Waals surface area contributed by atoms with Crippen molar-refractivity contribution in [1.29, 1.82) is 0 Å². The molecule has 0 amide bonds. The number of benzene rings is 2. The second-order valence-electron chi connectivity index (χ2n) is 7.53. The molecule has 0 fully saturated rings. The van der Waals surface area contributed by atoms with Crippen LogP contribution in [0.5, 0.6) is 0 Å². The van der Waals surface area contributed by atoms with Crippen molar-refractivity contribution in [3.05, 3.63) is 59.7 Å². The number of aliphatic imine (C=N–C) groups is 2.